The van der Waals surface area contributed by atoms with Crippen molar-refractivity contribution in [3.05, 3.63) is 36.4 Å². The Balaban J connectivity index is 1.58. The topological polar surface area (TPSA) is 47.8 Å². The van der Waals surface area contributed by atoms with Crippen molar-refractivity contribution < 1.29 is 4.79 Å². The van der Waals surface area contributed by atoms with Gasteiger partial charge in [-0.2, -0.15) is 4.68 Å². The Kier molecular flexibility index (Phi) is 8.22. The van der Waals surface area contributed by atoms with E-state index in [9.17, 15) is 4.79 Å². The summed E-state index contributed by atoms with van der Waals surface area (Å²) in [6.07, 6.45) is 15.9. The van der Waals surface area contributed by atoms with Gasteiger partial charge < -0.3 is 0 Å². The van der Waals surface area contributed by atoms with E-state index in [1.165, 1.54) is 36.8 Å². The molecule has 0 amide bonds. The summed E-state index contributed by atoms with van der Waals surface area (Å²) in [7, 11) is 0. The highest BCUT2D eigenvalue weighted by molar-refractivity contribution is 5.88. The fourth-order valence-electron chi connectivity index (χ4n) is 2.80. The molecule has 130 valence electrons. The summed E-state index contributed by atoms with van der Waals surface area (Å²) in [6, 6.07) is 7.58. The third kappa shape index (κ3) is 5.91. The van der Waals surface area contributed by atoms with E-state index in [2.05, 4.69) is 29.4 Å². The van der Waals surface area contributed by atoms with Crippen LogP contribution in [0.15, 0.2) is 36.4 Å². The molecule has 0 unspecified atom stereocenters. The number of carbonyl (C=O) groups excluding carboxylic acids is 1. The Labute approximate surface area is 144 Å². The van der Waals surface area contributed by atoms with Crippen LogP contribution in [0, 0.1) is 0 Å². The molecule has 0 aliphatic rings. The van der Waals surface area contributed by atoms with E-state index in [1.54, 1.807) is 0 Å². The fraction of sp³-hybridized carbons (Fsp3) is 0.550. The highest BCUT2D eigenvalue weighted by atomic mass is 16.2. The van der Waals surface area contributed by atoms with Gasteiger partial charge in [0.1, 0.15) is 5.52 Å². The van der Waals surface area contributed by atoms with E-state index in [-0.39, 0.29) is 5.91 Å². The molecule has 0 bridgehead atoms. The van der Waals surface area contributed by atoms with Crippen molar-refractivity contribution in [2.45, 2.75) is 71.1 Å². The minimum absolute atomic E-state index is 0.0372. The highest BCUT2D eigenvalue weighted by Gasteiger charge is 2.10. The molecule has 0 atom stereocenters. The van der Waals surface area contributed by atoms with Crippen molar-refractivity contribution in [3.63, 3.8) is 0 Å². The molecular formula is C20H29N3O. The number of carbonyl (C=O) groups is 1. The standard InChI is InChI=1S/C20H29N3O/c1-2-3-4-5-6-7-8-9-10-11-12-17-20(24)23-19-16-14-13-15-18(19)21-22-23/h7-8,13-16H,2-6,9-12,17H2,1H3/b8-7+. The first-order valence-corrected chi connectivity index (χ1v) is 9.31. The quantitative estimate of drug-likeness (QED) is 0.401. The molecule has 2 rings (SSSR count). The second kappa shape index (κ2) is 10.7. The Morgan fingerprint density at radius 1 is 1.00 bits per heavy atom. The number of hydrogen-bond acceptors (Lipinski definition) is 3. The zero-order valence-electron chi connectivity index (χ0n) is 14.8. The summed E-state index contributed by atoms with van der Waals surface area (Å²) in [5.41, 5.74) is 1.57. The average Bonchev–Trinajstić information content (AvgIpc) is 3.03. The van der Waals surface area contributed by atoms with Crippen LogP contribution in [0.4, 0.5) is 0 Å². The van der Waals surface area contributed by atoms with Gasteiger partial charge in [0.05, 0.1) is 5.52 Å². The van der Waals surface area contributed by atoms with E-state index in [1.807, 2.05) is 24.3 Å². The lowest BCUT2D eigenvalue weighted by molar-refractivity contribution is 0.0886. The molecule has 0 fully saturated rings. The van der Waals surface area contributed by atoms with Gasteiger partial charge in [0, 0.05) is 6.42 Å². The molecule has 4 heteroatoms. The van der Waals surface area contributed by atoms with Crippen molar-refractivity contribution in [2.24, 2.45) is 0 Å². The molecule has 0 aliphatic carbocycles. The number of allylic oxidation sites excluding steroid dienone is 2. The molecule has 1 aromatic heterocycles. The zero-order valence-corrected chi connectivity index (χ0v) is 14.8. The van der Waals surface area contributed by atoms with E-state index < -0.39 is 0 Å². The summed E-state index contributed by atoms with van der Waals surface area (Å²) in [5, 5.41) is 8.00. The molecule has 1 heterocycles. The number of unbranched alkanes of at least 4 members (excludes halogenated alkanes) is 7. The van der Waals surface area contributed by atoms with Gasteiger partial charge in [-0.3, -0.25) is 4.79 Å². The number of rotatable bonds is 11. The Bertz CT molecular complexity index is 645. The van der Waals surface area contributed by atoms with Crippen molar-refractivity contribution in [2.75, 3.05) is 0 Å². The lowest BCUT2D eigenvalue weighted by Gasteiger charge is -2.01. The van der Waals surface area contributed by atoms with Crippen molar-refractivity contribution in [3.8, 4) is 0 Å². The molecule has 0 saturated carbocycles. The van der Waals surface area contributed by atoms with Gasteiger partial charge >= 0.3 is 0 Å². The Morgan fingerprint density at radius 2 is 1.71 bits per heavy atom. The molecule has 4 nitrogen and oxygen atoms in total. The van der Waals surface area contributed by atoms with Crippen LogP contribution in [0.5, 0.6) is 0 Å². The number of benzene rings is 1. The molecule has 24 heavy (non-hydrogen) atoms. The summed E-state index contributed by atoms with van der Waals surface area (Å²) >= 11 is 0. The number of fused-ring (bicyclic) bond motifs is 1. The van der Waals surface area contributed by atoms with Gasteiger partial charge in [0.25, 0.3) is 0 Å². The van der Waals surface area contributed by atoms with Crippen LogP contribution in [-0.2, 0) is 0 Å². The third-order valence-electron chi connectivity index (χ3n) is 4.24. The Hall–Kier alpha value is -1.97. The molecule has 0 N–H and O–H groups in total. The van der Waals surface area contributed by atoms with E-state index >= 15 is 0 Å². The maximum atomic E-state index is 12.2. The number of aromatic nitrogens is 3. The maximum Gasteiger partial charge on any atom is 0.248 e. The van der Waals surface area contributed by atoms with Gasteiger partial charge in [-0.05, 0) is 44.2 Å². The Morgan fingerprint density at radius 3 is 2.46 bits per heavy atom. The van der Waals surface area contributed by atoms with Crippen LogP contribution in [0.25, 0.3) is 11.0 Å². The predicted molar refractivity (Wildman–Crippen MR) is 99.1 cm³/mol. The SMILES string of the molecule is CCCCCC/C=C/CCCCCC(=O)n1nnc2ccccc21. The predicted octanol–water partition coefficient (Wildman–Crippen LogP) is 5.55. The number of nitrogens with zero attached hydrogens (tertiary/aromatic N) is 3. The molecule has 0 saturated heterocycles. The third-order valence-corrected chi connectivity index (χ3v) is 4.24. The smallest absolute Gasteiger partial charge is 0.248 e. The summed E-state index contributed by atoms with van der Waals surface area (Å²) in [4.78, 5) is 12.2. The van der Waals surface area contributed by atoms with Gasteiger partial charge in [-0.25, -0.2) is 0 Å². The normalized spacial score (nSPS) is 11.5. The van der Waals surface area contributed by atoms with Crippen molar-refractivity contribution in [1.82, 2.24) is 15.0 Å². The summed E-state index contributed by atoms with van der Waals surface area (Å²) in [5.74, 6) is 0.0372. The summed E-state index contributed by atoms with van der Waals surface area (Å²) < 4.78 is 1.44. The molecule has 0 aliphatic heterocycles. The van der Waals surface area contributed by atoms with Crippen LogP contribution < -0.4 is 0 Å². The van der Waals surface area contributed by atoms with Crippen molar-refractivity contribution >= 4 is 16.9 Å². The first-order chi connectivity index (χ1) is 11.8. The minimum atomic E-state index is 0.0372. The molecule has 0 spiro atoms. The van der Waals surface area contributed by atoms with Crippen LogP contribution >= 0.6 is 0 Å². The summed E-state index contributed by atoms with van der Waals surface area (Å²) in [6.45, 7) is 2.24. The van der Waals surface area contributed by atoms with E-state index in [4.69, 9.17) is 0 Å². The van der Waals surface area contributed by atoms with Crippen LogP contribution in [0.1, 0.15) is 75.9 Å². The first-order valence-electron chi connectivity index (χ1n) is 9.31. The largest absolute Gasteiger partial charge is 0.273 e. The number of para-hydroxylation sites is 1. The van der Waals surface area contributed by atoms with Crippen LogP contribution in [0.3, 0.4) is 0 Å². The van der Waals surface area contributed by atoms with Crippen molar-refractivity contribution in [1.29, 1.82) is 0 Å². The van der Waals surface area contributed by atoms with E-state index in [0.29, 0.717) is 6.42 Å². The molecule has 0 radical (unpaired) electrons. The molecule has 2 aromatic rings. The molecule has 1 aromatic carbocycles. The zero-order chi connectivity index (χ0) is 17.0. The van der Waals surface area contributed by atoms with Gasteiger partial charge in [-0.1, -0.05) is 62.1 Å². The second-order valence-electron chi connectivity index (χ2n) is 6.30. The second-order valence-corrected chi connectivity index (χ2v) is 6.30. The van der Waals surface area contributed by atoms with Crippen LogP contribution in [-0.4, -0.2) is 20.9 Å². The average molecular weight is 327 g/mol. The maximum absolute atomic E-state index is 12.2. The molecular weight excluding hydrogens is 298 g/mol. The van der Waals surface area contributed by atoms with Gasteiger partial charge in [0.2, 0.25) is 5.91 Å². The van der Waals surface area contributed by atoms with Gasteiger partial charge in [0.15, 0.2) is 0 Å². The number of hydrogen-bond donors (Lipinski definition) is 0. The van der Waals surface area contributed by atoms with E-state index in [0.717, 1.165) is 36.7 Å². The minimum Gasteiger partial charge on any atom is -0.273 e. The van der Waals surface area contributed by atoms with Gasteiger partial charge in [-0.15, -0.1) is 5.10 Å². The lowest BCUT2D eigenvalue weighted by Crippen LogP contribution is -2.12. The van der Waals surface area contributed by atoms with Crippen LogP contribution in [0.2, 0.25) is 0 Å². The lowest BCUT2D eigenvalue weighted by atomic mass is 10.1. The first kappa shape index (κ1) is 18.4. The fourth-order valence-corrected chi connectivity index (χ4v) is 2.80. The highest BCUT2D eigenvalue weighted by Crippen LogP contribution is 2.12. The monoisotopic (exact) mass is 327 g/mol.